The Morgan fingerprint density at radius 1 is 1.20 bits per heavy atom. The van der Waals surface area contributed by atoms with Gasteiger partial charge < -0.3 is 9.73 Å². The van der Waals surface area contributed by atoms with Crippen LogP contribution in [0.25, 0.3) is 22.3 Å². The maximum atomic E-state index is 9.90. The summed E-state index contributed by atoms with van der Waals surface area (Å²) in [6.07, 6.45) is 1.48. The van der Waals surface area contributed by atoms with E-state index in [0.717, 1.165) is 15.6 Å². The van der Waals surface area contributed by atoms with Gasteiger partial charge in [-0.2, -0.15) is 4.73 Å². The number of benzene rings is 1. The summed E-state index contributed by atoms with van der Waals surface area (Å²) in [7, 11) is 0. The lowest BCUT2D eigenvalue weighted by atomic mass is 10.2. The number of hydrogen-bond donors (Lipinski definition) is 1. The molecule has 1 aromatic carbocycles. The highest BCUT2D eigenvalue weighted by Crippen LogP contribution is 2.25. The van der Waals surface area contributed by atoms with Crippen molar-refractivity contribution in [3.8, 4) is 11.4 Å². The summed E-state index contributed by atoms with van der Waals surface area (Å²) in [6.45, 7) is 0. The van der Waals surface area contributed by atoms with Crippen LogP contribution in [0.2, 0.25) is 0 Å². The van der Waals surface area contributed by atoms with Crippen LogP contribution in [0.5, 0.6) is 0 Å². The van der Waals surface area contributed by atoms with Gasteiger partial charge in [-0.3, -0.25) is 0 Å². The Morgan fingerprint density at radius 3 is 2.80 bits per heavy atom. The molecule has 0 aliphatic carbocycles. The zero-order valence-corrected chi connectivity index (χ0v) is 7.79. The van der Waals surface area contributed by atoms with Gasteiger partial charge in [0.15, 0.2) is 0 Å². The molecule has 0 spiro atoms. The molecule has 15 heavy (non-hydrogen) atoms. The van der Waals surface area contributed by atoms with Crippen LogP contribution in [-0.2, 0) is 0 Å². The van der Waals surface area contributed by atoms with Crippen molar-refractivity contribution in [3.63, 3.8) is 0 Å². The van der Waals surface area contributed by atoms with Gasteiger partial charge in [-0.1, -0.05) is 23.4 Å². The molecule has 0 atom stereocenters. The summed E-state index contributed by atoms with van der Waals surface area (Å²) in [5.41, 5.74) is 2.01. The second kappa shape index (κ2) is 2.88. The van der Waals surface area contributed by atoms with Crippen molar-refractivity contribution in [2.24, 2.45) is 0 Å². The molecule has 3 rings (SSSR count). The third-order valence-electron chi connectivity index (χ3n) is 2.39. The predicted molar refractivity (Wildman–Crippen MR) is 54.6 cm³/mol. The fourth-order valence-electron chi connectivity index (χ4n) is 1.67. The quantitative estimate of drug-likeness (QED) is 0.614. The van der Waals surface area contributed by atoms with Crippen LogP contribution in [-0.4, -0.2) is 15.1 Å². The smallest absolute Gasteiger partial charge is 0.133 e. The predicted octanol–water partition coefficient (Wildman–Crippen LogP) is 2.53. The lowest BCUT2D eigenvalue weighted by Crippen LogP contribution is -1.92. The number of nitrogens with zero attached hydrogens (tertiary/aromatic N) is 2. The maximum Gasteiger partial charge on any atom is 0.133 e. The minimum atomic E-state index is 0.619. The van der Waals surface area contributed by atoms with Crippen molar-refractivity contribution in [2.45, 2.75) is 0 Å². The van der Waals surface area contributed by atoms with E-state index in [0.29, 0.717) is 11.4 Å². The van der Waals surface area contributed by atoms with Crippen LogP contribution < -0.4 is 0 Å². The number of aromatic nitrogens is 2. The molecule has 4 nitrogen and oxygen atoms in total. The molecule has 1 N–H and O–H groups in total. The fraction of sp³-hybridized carbons (Fsp3) is 0. The van der Waals surface area contributed by atoms with E-state index in [-0.39, 0.29) is 0 Å². The highest BCUT2D eigenvalue weighted by Gasteiger charge is 2.11. The van der Waals surface area contributed by atoms with Gasteiger partial charge in [-0.05, 0) is 12.1 Å². The molecular weight excluding hydrogens is 192 g/mol. The molecule has 0 radical (unpaired) electrons. The zero-order chi connectivity index (χ0) is 10.3. The number of para-hydroxylation sites is 1. The van der Waals surface area contributed by atoms with E-state index in [1.165, 1.54) is 6.26 Å². The first-order chi connectivity index (χ1) is 7.36. The van der Waals surface area contributed by atoms with E-state index in [1.54, 1.807) is 6.07 Å². The van der Waals surface area contributed by atoms with E-state index >= 15 is 0 Å². The van der Waals surface area contributed by atoms with Crippen LogP contribution in [0.3, 0.4) is 0 Å². The minimum absolute atomic E-state index is 0.619. The van der Waals surface area contributed by atoms with Crippen LogP contribution in [0.15, 0.2) is 47.2 Å². The molecule has 0 bridgehead atoms. The first kappa shape index (κ1) is 8.11. The lowest BCUT2D eigenvalue weighted by Gasteiger charge is -1.97. The number of hydrogen-bond acceptors (Lipinski definition) is 3. The molecular formula is C11H8N2O2. The van der Waals surface area contributed by atoms with Crippen molar-refractivity contribution < 1.29 is 9.73 Å². The van der Waals surface area contributed by atoms with E-state index < -0.39 is 0 Å². The van der Waals surface area contributed by atoms with Crippen molar-refractivity contribution in [3.05, 3.63) is 42.7 Å². The van der Waals surface area contributed by atoms with E-state index in [9.17, 15) is 5.21 Å². The van der Waals surface area contributed by atoms with E-state index in [4.69, 9.17) is 4.52 Å². The van der Waals surface area contributed by atoms with Gasteiger partial charge in [0.25, 0.3) is 0 Å². The molecule has 2 aromatic heterocycles. The van der Waals surface area contributed by atoms with E-state index in [2.05, 4.69) is 5.16 Å². The third-order valence-corrected chi connectivity index (χ3v) is 2.39. The second-order valence-corrected chi connectivity index (χ2v) is 3.28. The van der Waals surface area contributed by atoms with Gasteiger partial charge in [0.05, 0.1) is 5.52 Å². The topological polar surface area (TPSA) is 51.2 Å². The van der Waals surface area contributed by atoms with Crippen molar-refractivity contribution in [2.75, 3.05) is 0 Å². The van der Waals surface area contributed by atoms with Gasteiger partial charge >= 0.3 is 0 Å². The van der Waals surface area contributed by atoms with Crippen LogP contribution in [0.4, 0.5) is 0 Å². The van der Waals surface area contributed by atoms with Crippen molar-refractivity contribution in [1.82, 2.24) is 9.89 Å². The Hall–Kier alpha value is -2.23. The van der Waals surface area contributed by atoms with Gasteiger partial charge in [0.2, 0.25) is 0 Å². The lowest BCUT2D eigenvalue weighted by molar-refractivity contribution is 0.204. The fourth-order valence-corrected chi connectivity index (χ4v) is 1.67. The maximum absolute atomic E-state index is 9.90. The Morgan fingerprint density at radius 2 is 2.07 bits per heavy atom. The first-order valence-corrected chi connectivity index (χ1v) is 4.57. The Kier molecular flexibility index (Phi) is 1.56. The first-order valence-electron chi connectivity index (χ1n) is 4.57. The summed E-state index contributed by atoms with van der Waals surface area (Å²) in [5, 5.41) is 14.7. The summed E-state index contributed by atoms with van der Waals surface area (Å²) in [4.78, 5) is 0. The third kappa shape index (κ3) is 1.11. The molecule has 0 saturated heterocycles. The largest absolute Gasteiger partial charge is 0.428 e. The Labute approximate surface area is 85.3 Å². The van der Waals surface area contributed by atoms with Crippen LogP contribution in [0, 0.1) is 0 Å². The summed E-state index contributed by atoms with van der Waals surface area (Å²) >= 11 is 0. The summed E-state index contributed by atoms with van der Waals surface area (Å²) in [5.74, 6) is 0. The molecule has 0 fully saturated rings. The Balaban J connectivity index is 2.33. The summed E-state index contributed by atoms with van der Waals surface area (Å²) < 4.78 is 5.86. The van der Waals surface area contributed by atoms with Gasteiger partial charge in [-0.25, -0.2) is 0 Å². The van der Waals surface area contributed by atoms with Gasteiger partial charge in [0, 0.05) is 11.5 Å². The van der Waals surface area contributed by atoms with Gasteiger partial charge in [-0.15, -0.1) is 0 Å². The van der Waals surface area contributed by atoms with Crippen molar-refractivity contribution in [1.29, 1.82) is 0 Å². The molecule has 0 aliphatic rings. The van der Waals surface area contributed by atoms with Crippen molar-refractivity contribution >= 4 is 10.9 Å². The van der Waals surface area contributed by atoms with E-state index in [1.807, 2.05) is 30.3 Å². The van der Waals surface area contributed by atoms with Gasteiger partial charge in [0.1, 0.15) is 17.7 Å². The number of rotatable bonds is 1. The summed E-state index contributed by atoms with van der Waals surface area (Å²) in [6, 6.07) is 11.2. The molecule has 2 heterocycles. The zero-order valence-electron chi connectivity index (χ0n) is 7.79. The molecule has 0 amide bonds. The standard InChI is InChI=1S/C11H8N2O2/c14-13-10-4-2-1-3-8(10)7-11(13)9-5-6-15-12-9/h1-7,14H. The number of fused-ring (bicyclic) bond motifs is 1. The molecule has 0 unspecified atom stereocenters. The van der Waals surface area contributed by atoms with Crippen LogP contribution in [0.1, 0.15) is 0 Å². The second-order valence-electron chi connectivity index (χ2n) is 3.28. The molecule has 4 heteroatoms. The normalized spacial score (nSPS) is 10.9. The highest BCUT2D eigenvalue weighted by atomic mass is 16.5. The molecule has 3 aromatic rings. The average Bonchev–Trinajstić information content (AvgIpc) is 2.87. The Bertz CT molecular complexity index is 596. The molecule has 74 valence electrons. The highest BCUT2D eigenvalue weighted by molar-refractivity contribution is 5.85. The molecule has 0 saturated carbocycles. The van der Waals surface area contributed by atoms with Crippen LogP contribution >= 0.6 is 0 Å². The monoisotopic (exact) mass is 200 g/mol. The SMILES string of the molecule is On1c(-c2ccon2)cc2ccccc21. The average molecular weight is 200 g/mol. The molecule has 0 aliphatic heterocycles. The minimum Gasteiger partial charge on any atom is -0.428 e.